The van der Waals surface area contributed by atoms with Crippen molar-refractivity contribution >= 4 is 44.6 Å². The van der Waals surface area contributed by atoms with Gasteiger partial charge in [-0.15, -0.1) is 11.3 Å². The van der Waals surface area contributed by atoms with Crippen molar-refractivity contribution in [1.29, 1.82) is 0 Å². The molecule has 25 heavy (non-hydrogen) atoms. The predicted octanol–water partition coefficient (Wildman–Crippen LogP) is 3.97. The molecule has 1 amide bonds. The van der Waals surface area contributed by atoms with E-state index in [2.05, 4.69) is 5.32 Å². The number of hydrogen-bond donors (Lipinski definition) is 1. The van der Waals surface area contributed by atoms with Crippen molar-refractivity contribution < 1.29 is 17.6 Å². The van der Waals surface area contributed by atoms with Gasteiger partial charge in [-0.05, 0) is 42.5 Å². The standard InChI is InChI=1S/C16H16ClFN2O3S2/c17-12-10-11(18)4-5-13(12)19-16(21)15-14(6-9-24-15)25(22,23)20-7-2-1-3-8-20/h4-6,9-10H,1-3,7-8H2,(H,19,21). The van der Waals surface area contributed by atoms with Crippen LogP contribution in [0.5, 0.6) is 0 Å². The maximum Gasteiger partial charge on any atom is 0.267 e. The maximum atomic E-state index is 13.1. The summed E-state index contributed by atoms with van der Waals surface area (Å²) in [6.07, 6.45) is 2.64. The Morgan fingerprint density at radius 1 is 1.20 bits per heavy atom. The number of hydrogen-bond acceptors (Lipinski definition) is 4. The average molecular weight is 403 g/mol. The zero-order chi connectivity index (χ0) is 18.0. The number of carbonyl (C=O) groups is 1. The van der Waals surface area contributed by atoms with Crippen molar-refractivity contribution in [2.45, 2.75) is 24.2 Å². The summed E-state index contributed by atoms with van der Waals surface area (Å²) >= 11 is 6.95. The summed E-state index contributed by atoms with van der Waals surface area (Å²) in [4.78, 5) is 12.6. The zero-order valence-corrected chi connectivity index (χ0v) is 15.6. The molecule has 0 atom stereocenters. The number of halogens is 2. The molecule has 2 heterocycles. The molecular weight excluding hydrogens is 387 g/mol. The van der Waals surface area contributed by atoms with E-state index in [-0.39, 0.29) is 20.5 Å². The van der Waals surface area contributed by atoms with E-state index in [9.17, 15) is 17.6 Å². The average Bonchev–Trinajstić information content (AvgIpc) is 3.09. The van der Waals surface area contributed by atoms with Crippen LogP contribution in [0.3, 0.4) is 0 Å². The van der Waals surface area contributed by atoms with E-state index in [1.807, 2.05) is 0 Å². The summed E-state index contributed by atoms with van der Waals surface area (Å²) in [6, 6.07) is 5.02. The summed E-state index contributed by atoms with van der Waals surface area (Å²) in [7, 11) is -3.71. The van der Waals surface area contributed by atoms with Crippen LogP contribution in [-0.4, -0.2) is 31.7 Å². The van der Waals surface area contributed by atoms with Crippen LogP contribution in [0.25, 0.3) is 0 Å². The molecule has 1 aliphatic heterocycles. The fourth-order valence-corrected chi connectivity index (χ4v) is 5.71. The quantitative estimate of drug-likeness (QED) is 0.841. The molecule has 9 heteroatoms. The third kappa shape index (κ3) is 3.87. The van der Waals surface area contributed by atoms with Gasteiger partial charge in [0.15, 0.2) is 0 Å². The Bertz CT molecular complexity index is 893. The van der Waals surface area contributed by atoms with Gasteiger partial charge in [-0.2, -0.15) is 4.31 Å². The van der Waals surface area contributed by atoms with Crippen LogP contribution in [0.15, 0.2) is 34.5 Å². The minimum absolute atomic E-state index is 0.00451. The highest BCUT2D eigenvalue weighted by atomic mass is 35.5. The normalized spacial score (nSPS) is 15.9. The summed E-state index contributed by atoms with van der Waals surface area (Å²) in [5, 5.41) is 4.16. The molecule has 1 fully saturated rings. The van der Waals surface area contributed by atoms with Gasteiger partial charge in [-0.3, -0.25) is 4.79 Å². The number of sulfonamides is 1. The number of amides is 1. The van der Waals surface area contributed by atoms with E-state index in [0.29, 0.717) is 13.1 Å². The molecule has 1 aromatic heterocycles. The second-order valence-corrected chi connectivity index (χ2v) is 8.89. The van der Waals surface area contributed by atoms with Crippen LogP contribution >= 0.6 is 22.9 Å². The van der Waals surface area contributed by atoms with Crippen molar-refractivity contribution in [2.24, 2.45) is 0 Å². The first kappa shape index (κ1) is 18.3. The van der Waals surface area contributed by atoms with Crippen LogP contribution in [0.4, 0.5) is 10.1 Å². The number of anilines is 1. The highest BCUT2D eigenvalue weighted by Gasteiger charge is 2.31. The van der Waals surface area contributed by atoms with E-state index in [1.165, 1.54) is 22.5 Å². The van der Waals surface area contributed by atoms with Crippen molar-refractivity contribution in [2.75, 3.05) is 18.4 Å². The second-order valence-electron chi connectivity index (χ2n) is 5.66. The minimum Gasteiger partial charge on any atom is -0.320 e. The number of nitrogens with zero attached hydrogens (tertiary/aromatic N) is 1. The number of piperidine rings is 1. The fraction of sp³-hybridized carbons (Fsp3) is 0.312. The van der Waals surface area contributed by atoms with Crippen LogP contribution in [0.2, 0.25) is 5.02 Å². The Morgan fingerprint density at radius 2 is 1.92 bits per heavy atom. The highest BCUT2D eigenvalue weighted by molar-refractivity contribution is 7.89. The van der Waals surface area contributed by atoms with Crippen molar-refractivity contribution in [3.63, 3.8) is 0 Å². The molecule has 0 radical (unpaired) electrons. The van der Waals surface area contributed by atoms with E-state index >= 15 is 0 Å². The van der Waals surface area contributed by atoms with Crippen LogP contribution in [0.1, 0.15) is 28.9 Å². The Labute approximate surface area is 154 Å². The Balaban J connectivity index is 1.86. The Morgan fingerprint density at radius 3 is 2.60 bits per heavy atom. The zero-order valence-electron chi connectivity index (χ0n) is 13.2. The van der Waals surface area contributed by atoms with Crippen LogP contribution in [0, 0.1) is 5.82 Å². The van der Waals surface area contributed by atoms with Crippen molar-refractivity contribution in [3.05, 3.63) is 45.4 Å². The topological polar surface area (TPSA) is 66.5 Å². The van der Waals surface area contributed by atoms with Gasteiger partial charge in [0.05, 0.1) is 10.7 Å². The first-order chi connectivity index (χ1) is 11.9. The van der Waals surface area contributed by atoms with Crippen molar-refractivity contribution in [1.82, 2.24) is 4.31 Å². The van der Waals surface area contributed by atoms with Gasteiger partial charge in [0.2, 0.25) is 10.0 Å². The summed E-state index contributed by atoms with van der Waals surface area (Å²) in [5.41, 5.74) is 0.225. The molecule has 3 rings (SSSR count). The van der Waals surface area contributed by atoms with Crippen LogP contribution in [-0.2, 0) is 10.0 Å². The summed E-state index contributed by atoms with van der Waals surface area (Å²) < 4.78 is 40.2. The van der Waals surface area contributed by atoms with Gasteiger partial charge < -0.3 is 5.32 Å². The minimum atomic E-state index is -3.71. The summed E-state index contributed by atoms with van der Waals surface area (Å²) in [6.45, 7) is 0.923. The number of nitrogens with one attached hydrogen (secondary N) is 1. The number of carbonyl (C=O) groups excluding carboxylic acids is 1. The van der Waals surface area contributed by atoms with Gasteiger partial charge in [-0.25, -0.2) is 12.8 Å². The number of benzene rings is 1. The lowest BCUT2D eigenvalue weighted by molar-refractivity contribution is 0.102. The molecule has 0 bridgehead atoms. The lowest BCUT2D eigenvalue weighted by atomic mass is 10.2. The molecule has 0 unspecified atom stereocenters. The molecule has 2 aromatic rings. The molecule has 134 valence electrons. The monoisotopic (exact) mass is 402 g/mol. The molecule has 1 aliphatic rings. The lowest BCUT2D eigenvalue weighted by Gasteiger charge is -2.25. The largest absolute Gasteiger partial charge is 0.320 e. The highest BCUT2D eigenvalue weighted by Crippen LogP contribution is 2.29. The number of rotatable bonds is 4. The van der Waals surface area contributed by atoms with Gasteiger partial charge in [0.25, 0.3) is 5.91 Å². The van der Waals surface area contributed by atoms with E-state index < -0.39 is 21.7 Å². The maximum absolute atomic E-state index is 13.1. The van der Waals surface area contributed by atoms with Gasteiger partial charge in [0.1, 0.15) is 15.6 Å². The Kier molecular flexibility index (Phi) is 5.43. The second kappa shape index (κ2) is 7.41. The molecule has 0 saturated carbocycles. The Hall–Kier alpha value is -1.48. The van der Waals surface area contributed by atoms with E-state index in [4.69, 9.17) is 11.6 Å². The van der Waals surface area contributed by atoms with E-state index in [1.54, 1.807) is 5.38 Å². The van der Waals surface area contributed by atoms with Gasteiger partial charge >= 0.3 is 0 Å². The fourth-order valence-electron chi connectivity index (χ4n) is 2.68. The first-order valence-corrected chi connectivity index (χ1v) is 10.4. The smallest absolute Gasteiger partial charge is 0.267 e. The van der Waals surface area contributed by atoms with Gasteiger partial charge in [0, 0.05) is 13.1 Å². The lowest BCUT2D eigenvalue weighted by Crippen LogP contribution is -2.36. The third-order valence-electron chi connectivity index (χ3n) is 3.95. The third-order valence-corrected chi connectivity index (χ3v) is 7.24. The molecule has 1 N–H and O–H groups in total. The molecule has 1 saturated heterocycles. The number of thiophene rings is 1. The molecule has 0 aliphatic carbocycles. The van der Waals surface area contributed by atoms with E-state index in [0.717, 1.165) is 36.7 Å². The van der Waals surface area contributed by atoms with Crippen molar-refractivity contribution in [3.8, 4) is 0 Å². The molecule has 5 nitrogen and oxygen atoms in total. The summed E-state index contributed by atoms with van der Waals surface area (Å²) in [5.74, 6) is -1.11. The molecule has 1 aromatic carbocycles. The predicted molar refractivity (Wildman–Crippen MR) is 96.3 cm³/mol. The SMILES string of the molecule is O=C(Nc1ccc(F)cc1Cl)c1sccc1S(=O)(=O)N1CCCCC1. The van der Waals surface area contributed by atoms with Gasteiger partial charge in [-0.1, -0.05) is 18.0 Å². The van der Waals surface area contributed by atoms with Crippen LogP contribution < -0.4 is 5.32 Å². The first-order valence-electron chi connectivity index (χ1n) is 7.73. The molecular formula is C16H16ClFN2O3S2. The molecule has 0 spiro atoms.